The SMILES string of the molecule is O=S1(=O)CCC(CNc2ncc(F)cn2)C1. The van der Waals surface area contributed by atoms with Gasteiger partial charge in [-0.15, -0.1) is 0 Å². The highest BCUT2D eigenvalue weighted by atomic mass is 32.2. The van der Waals surface area contributed by atoms with Crippen LogP contribution in [0.2, 0.25) is 0 Å². The zero-order valence-electron chi connectivity index (χ0n) is 8.56. The standard InChI is InChI=1S/C9H12FN3O2S/c10-8-4-12-9(13-5-8)11-3-7-1-2-16(14,15)6-7/h4-5,7H,1-3,6H2,(H,11,12,13). The fourth-order valence-electron chi connectivity index (χ4n) is 1.67. The fourth-order valence-corrected chi connectivity index (χ4v) is 3.53. The predicted octanol–water partition coefficient (Wildman–Crippen LogP) is 0.462. The van der Waals surface area contributed by atoms with Crippen LogP contribution in [0.4, 0.5) is 10.3 Å². The average molecular weight is 245 g/mol. The van der Waals surface area contributed by atoms with E-state index in [1.807, 2.05) is 0 Å². The molecule has 0 spiro atoms. The summed E-state index contributed by atoms with van der Waals surface area (Å²) in [6, 6.07) is 0. The third kappa shape index (κ3) is 2.88. The van der Waals surface area contributed by atoms with Crippen molar-refractivity contribution in [1.82, 2.24) is 9.97 Å². The summed E-state index contributed by atoms with van der Waals surface area (Å²) in [4.78, 5) is 7.46. The molecule has 0 bridgehead atoms. The summed E-state index contributed by atoms with van der Waals surface area (Å²) in [5.41, 5.74) is 0. The van der Waals surface area contributed by atoms with Crippen LogP contribution < -0.4 is 5.32 Å². The van der Waals surface area contributed by atoms with Gasteiger partial charge in [0.25, 0.3) is 0 Å². The lowest BCUT2D eigenvalue weighted by Crippen LogP contribution is -2.16. The molecule has 1 aliphatic heterocycles. The molecule has 88 valence electrons. The molecule has 0 aromatic carbocycles. The summed E-state index contributed by atoms with van der Waals surface area (Å²) in [5, 5.41) is 2.90. The zero-order chi connectivity index (χ0) is 11.6. The number of hydrogen-bond acceptors (Lipinski definition) is 5. The van der Waals surface area contributed by atoms with Crippen LogP contribution in [0.1, 0.15) is 6.42 Å². The van der Waals surface area contributed by atoms with Crippen molar-refractivity contribution in [2.75, 3.05) is 23.4 Å². The molecule has 16 heavy (non-hydrogen) atoms. The van der Waals surface area contributed by atoms with Crippen LogP contribution in [0.5, 0.6) is 0 Å². The second-order valence-electron chi connectivity index (χ2n) is 3.87. The van der Waals surface area contributed by atoms with Crippen molar-refractivity contribution in [2.45, 2.75) is 6.42 Å². The van der Waals surface area contributed by atoms with Crippen molar-refractivity contribution in [1.29, 1.82) is 0 Å². The first-order valence-corrected chi connectivity index (χ1v) is 6.79. The van der Waals surface area contributed by atoms with E-state index in [2.05, 4.69) is 15.3 Å². The van der Waals surface area contributed by atoms with Gasteiger partial charge in [0.15, 0.2) is 15.7 Å². The van der Waals surface area contributed by atoms with Crippen LogP contribution >= 0.6 is 0 Å². The Hall–Kier alpha value is -1.24. The largest absolute Gasteiger partial charge is 0.354 e. The lowest BCUT2D eigenvalue weighted by atomic mass is 10.1. The smallest absolute Gasteiger partial charge is 0.222 e. The Kier molecular flexibility index (Phi) is 3.04. The fraction of sp³-hybridized carbons (Fsp3) is 0.556. The van der Waals surface area contributed by atoms with Crippen molar-refractivity contribution >= 4 is 15.8 Å². The van der Waals surface area contributed by atoms with Gasteiger partial charge in [-0.2, -0.15) is 0 Å². The molecule has 1 aliphatic rings. The van der Waals surface area contributed by atoms with E-state index >= 15 is 0 Å². The van der Waals surface area contributed by atoms with Gasteiger partial charge in [-0.3, -0.25) is 0 Å². The highest BCUT2D eigenvalue weighted by molar-refractivity contribution is 7.91. The van der Waals surface area contributed by atoms with E-state index in [4.69, 9.17) is 0 Å². The van der Waals surface area contributed by atoms with Crippen LogP contribution in [0.15, 0.2) is 12.4 Å². The monoisotopic (exact) mass is 245 g/mol. The van der Waals surface area contributed by atoms with E-state index < -0.39 is 15.7 Å². The van der Waals surface area contributed by atoms with Crippen LogP contribution in [0.25, 0.3) is 0 Å². The van der Waals surface area contributed by atoms with Crippen molar-refractivity contribution in [3.8, 4) is 0 Å². The highest BCUT2D eigenvalue weighted by Gasteiger charge is 2.27. The maximum atomic E-state index is 12.5. The number of aromatic nitrogens is 2. The Bertz CT molecular complexity index is 460. The molecule has 1 aromatic heterocycles. The molecule has 0 aliphatic carbocycles. The maximum absolute atomic E-state index is 12.5. The molecular weight excluding hydrogens is 233 g/mol. The second kappa shape index (κ2) is 4.32. The number of sulfone groups is 1. The van der Waals surface area contributed by atoms with Crippen LogP contribution in [-0.2, 0) is 9.84 Å². The Morgan fingerprint density at radius 3 is 2.69 bits per heavy atom. The lowest BCUT2D eigenvalue weighted by molar-refractivity contribution is 0.595. The minimum atomic E-state index is -2.85. The summed E-state index contributed by atoms with van der Waals surface area (Å²) in [5.74, 6) is 0.392. The topological polar surface area (TPSA) is 72.0 Å². The molecule has 2 rings (SSSR count). The van der Waals surface area contributed by atoms with Crippen molar-refractivity contribution < 1.29 is 12.8 Å². The van der Waals surface area contributed by atoms with Gasteiger partial charge < -0.3 is 5.32 Å². The van der Waals surface area contributed by atoms with E-state index in [1.165, 1.54) is 0 Å². The van der Waals surface area contributed by atoms with E-state index in [9.17, 15) is 12.8 Å². The molecular formula is C9H12FN3O2S. The van der Waals surface area contributed by atoms with Gasteiger partial charge in [0.1, 0.15) is 0 Å². The second-order valence-corrected chi connectivity index (χ2v) is 6.10. The molecule has 0 saturated carbocycles. The van der Waals surface area contributed by atoms with Gasteiger partial charge in [-0.05, 0) is 12.3 Å². The molecule has 2 heterocycles. The van der Waals surface area contributed by atoms with Gasteiger partial charge in [-0.25, -0.2) is 22.8 Å². The van der Waals surface area contributed by atoms with Crippen LogP contribution in [0, 0.1) is 11.7 Å². The summed E-state index contributed by atoms with van der Waals surface area (Å²) < 4.78 is 34.9. The quantitative estimate of drug-likeness (QED) is 0.837. The first-order valence-electron chi connectivity index (χ1n) is 4.97. The van der Waals surface area contributed by atoms with E-state index in [-0.39, 0.29) is 17.4 Å². The minimum absolute atomic E-state index is 0.0960. The van der Waals surface area contributed by atoms with Gasteiger partial charge in [-0.1, -0.05) is 0 Å². The van der Waals surface area contributed by atoms with Crippen molar-refractivity contribution in [2.24, 2.45) is 5.92 Å². The number of nitrogens with one attached hydrogen (secondary N) is 1. The highest BCUT2D eigenvalue weighted by Crippen LogP contribution is 2.18. The molecule has 0 amide bonds. The van der Waals surface area contributed by atoms with Crippen LogP contribution in [0.3, 0.4) is 0 Å². The summed E-state index contributed by atoms with van der Waals surface area (Å²) in [6.07, 6.45) is 2.80. The first kappa shape index (κ1) is 11.3. The molecule has 7 heteroatoms. The van der Waals surface area contributed by atoms with Gasteiger partial charge in [0, 0.05) is 6.54 Å². The number of nitrogens with zero attached hydrogens (tertiary/aromatic N) is 2. The third-order valence-corrected chi connectivity index (χ3v) is 4.33. The van der Waals surface area contributed by atoms with E-state index in [1.54, 1.807) is 0 Å². The minimum Gasteiger partial charge on any atom is -0.354 e. The molecule has 5 nitrogen and oxygen atoms in total. The molecule has 1 unspecified atom stereocenters. The van der Waals surface area contributed by atoms with E-state index in [0.717, 1.165) is 12.4 Å². The average Bonchev–Trinajstić information content (AvgIpc) is 2.58. The van der Waals surface area contributed by atoms with Gasteiger partial charge >= 0.3 is 0 Å². The first-order chi connectivity index (χ1) is 7.55. The summed E-state index contributed by atoms with van der Waals surface area (Å²) in [7, 11) is -2.85. The number of rotatable bonds is 3. The molecule has 1 atom stereocenters. The molecule has 1 fully saturated rings. The third-order valence-electron chi connectivity index (χ3n) is 2.50. The van der Waals surface area contributed by atoms with Gasteiger partial charge in [0.05, 0.1) is 23.9 Å². The van der Waals surface area contributed by atoms with Crippen molar-refractivity contribution in [3.05, 3.63) is 18.2 Å². The summed E-state index contributed by atoms with van der Waals surface area (Å²) >= 11 is 0. The molecule has 1 aromatic rings. The number of anilines is 1. The lowest BCUT2D eigenvalue weighted by Gasteiger charge is -2.08. The Labute approximate surface area is 93.0 Å². The Morgan fingerprint density at radius 2 is 2.12 bits per heavy atom. The summed E-state index contributed by atoms with van der Waals surface area (Å²) in [6.45, 7) is 0.505. The zero-order valence-corrected chi connectivity index (χ0v) is 9.37. The molecule has 0 radical (unpaired) electrons. The molecule has 1 N–H and O–H groups in total. The van der Waals surface area contributed by atoms with Crippen LogP contribution in [-0.4, -0.2) is 36.4 Å². The number of hydrogen-bond donors (Lipinski definition) is 1. The Balaban J connectivity index is 1.87. The van der Waals surface area contributed by atoms with Gasteiger partial charge in [0.2, 0.25) is 5.95 Å². The maximum Gasteiger partial charge on any atom is 0.222 e. The van der Waals surface area contributed by atoms with Crippen molar-refractivity contribution in [3.63, 3.8) is 0 Å². The van der Waals surface area contributed by atoms with E-state index in [0.29, 0.717) is 18.9 Å². The normalized spacial score (nSPS) is 23.2. The molecule has 1 saturated heterocycles. The number of halogens is 1. The Morgan fingerprint density at radius 1 is 1.44 bits per heavy atom. The predicted molar refractivity (Wildman–Crippen MR) is 57.2 cm³/mol.